The second-order valence-corrected chi connectivity index (χ2v) is 4.19. The van der Waals surface area contributed by atoms with Gasteiger partial charge in [0.05, 0.1) is 19.0 Å². The van der Waals surface area contributed by atoms with Gasteiger partial charge in [0, 0.05) is 24.0 Å². The van der Waals surface area contributed by atoms with E-state index in [1.54, 1.807) is 31.6 Å². The van der Waals surface area contributed by atoms with Crippen LogP contribution in [0.4, 0.5) is 4.39 Å². The molecule has 0 aliphatic rings. The van der Waals surface area contributed by atoms with Gasteiger partial charge < -0.3 is 4.74 Å². The minimum absolute atomic E-state index is 0.287. The van der Waals surface area contributed by atoms with E-state index in [0.29, 0.717) is 17.3 Å². The average Bonchev–Trinajstić information content (AvgIpc) is 2.97. The van der Waals surface area contributed by atoms with Crippen LogP contribution in [-0.4, -0.2) is 21.6 Å². The van der Waals surface area contributed by atoms with Gasteiger partial charge in [-0.25, -0.2) is 14.4 Å². The minimum atomic E-state index is -0.287. The lowest BCUT2D eigenvalue weighted by Crippen LogP contribution is -1.98. The Morgan fingerprint density at radius 3 is 2.75 bits per heavy atom. The lowest BCUT2D eigenvalue weighted by molar-refractivity contribution is 0.398. The summed E-state index contributed by atoms with van der Waals surface area (Å²) in [6.07, 6.45) is 5.16. The van der Waals surface area contributed by atoms with Crippen LogP contribution in [0.15, 0.2) is 55.0 Å². The molecule has 1 aromatic carbocycles. The van der Waals surface area contributed by atoms with E-state index < -0.39 is 0 Å². The molecule has 0 radical (unpaired) electrons. The van der Waals surface area contributed by atoms with Crippen molar-refractivity contribution in [2.24, 2.45) is 0 Å². The Morgan fingerprint density at radius 1 is 1.15 bits per heavy atom. The first kappa shape index (κ1) is 12.3. The fraction of sp³-hybridized carbons (Fsp3) is 0.0667. The number of ether oxygens (including phenoxy) is 1. The monoisotopic (exact) mass is 269 g/mol. The summed E-state index contributed by atoms with van der Waals surface area (Å²) >= 11 is 0. The number of pyridine rings is 1. The third kappa shape index (κ3) is 2.25. The predicted octanol–water partition coefficient (Wildman–Crippen LogP) is 3.08. The molecule has 3 aromatic rings. The summed E-state index contributed by atoms with van der Waals surface area (Å²) in [5.74, 6) is 0.919. The highest BCUT2D eigenvalue weighted by Crippen LogP contribution is 2.22. The van der Waals surface area contributed by atoms with Crippen molar-refractivity contribution in [2.75, 3.05) is 7.11 Å². The van der Waals surface area contributed by atoms with Gasteiger partial charge in [-0.15, -0.1) is 0 Å². The van der Waals surface area contributed by atoms with E-state index in [1.807, 2.05) is 22.9 Å². The zero-order valence-electron chi connectivity index (χ0n) is 10.8. The van der Waals surface area contributed by atoms with E-state index in [1.165, 1.54) is 12.1 Å². The normalized spacial score (nSPS) is 10.5. The molecule has 4 nitrogen and oxygen atoms in total. The summed E-state index contributed by atoms with van der Waals surface area (Å²) in [6, 6.07) is 9.98. The Labute approximate surface area is 115 Å². The van der Waals surface area contributed by atoms with Gasteiger partial charge in [0.25, 0.3) is 0 Å². The van der Waals surface area contributed by atoms with E-state index in [-0.39, 0.29) is 5.82 Å². The molecule has 0 N–H and O–H groups in total. The molecule has 5 heteroatoms. The molecule has 2 aromatic heterocycles. The largest absolute Gasteiger partial charge is 0.481 e. The van der Waals surface area contributed by atoms with Crippen LogP contribution in [0.3, 0.4) is 0 Å². The van der Waals surface area contributed by atoms with Gasteiger partial charge in [0.15, 0.2) is 0 Å². The molecule has 0 amide bonds. The van der Waals surface area contributed by atoms with Crippen LogP contribution in [-0.2, 0) is 0 Å². The standard InChI is InChI=1S/C15H12FN3O/c1-20-14-6-5-13(10-18-14)19-8-7-17-15(19)11-3-2-4-12(16)9-11/h2-10H,1H3. The molecule has 0 fully saturated rings. The van der Waals surface area contributed by atoms with Gasteiger partial charge in [0.2, 0.25) is 5.88 Å². The molecule has 20 heavy (non-hydrogen) atoms. The SMILES string of the molecule is COc1ccc(-n2ccnc2-c2cccc(F)c2)cn1. The Morgan fingerprint density at radius 2 is 2.05 bits per heavy atom. The summed E-state index contributed by atoms with van der Waals surface area (Å²) in [5, 5.41) is 0. The average molecular weight is 269 g/mol. The Kier molecular flexibility index (Phi) is 3.16. The zero-order valence-corrected chi connectivity index (χ0v) is 10.8. The second kappa shape index (κ2) is 5.13. The summed E-state index contributed by atoms with van der Waals surface area (Å²) < 4.78 is 20.2. The summed E-state index contributed by atoms with van der Waals surface area (Å²) in [5.41, 5.74) is 1.55. The first-order valence-corrected chi connectivity index (χ1v) is 6.07. The smallest absolute Gasteiger partial charge is 0.213 e. The van der Waals surface area contributed by atoms with Gasteiger partial charge in [0.1, 0.15) is 11.6 Å². The maximum absolute atomic E-state index is 13.3. The van der Waals surface area contributed by atoms with Crippen LogP contribution in [0.25, 0.3) is 17.1 Å². The van der Waals surface area contributed by atoms with Crippen molar-refractivity contribution >= 4 is 0 Å². The van der Waals surface area contributed by atoms with E-state index in [2.05, 4.69) is 9.97 Å². The van der Waals surface area contributed by atoms with E-state index >= 15 is 0 Å². The topological polar surface area (TPSA) is 39.9 Å². The van der Waals surface area contributed by atoms with E-state index in [4.69, 9.17) is 4.74 Å². The van der Waals surface area contributed by atoms with Crippen molar-refractivity contribution in [1.29, 1.82) is 0 Å². The lowest BCUT2D eigenvalue weighted by Gasteiger charge is -2.08. The molecule has 0 atom stereocenters. The number of rotatable bonds is 3. The highest BCUT2D eigenvalue weighted by molar-refractivity contribution is 5.58. The molecule has 0 unspecified atom stereocenters. The first-order chi connectivity index (χ1) is 9.78. The number of aromatic nitrogens is 3. The van der Waals surface area contributed by atoms with Gasteiger partial charge in [-0.05, 0) is 18.2 Å². The van der Waals surface area contributed by atoms with Crippen molar-refractivity contribution in [3.05, 3.63) is 60.8 Å². The van der Waals surface area contributed by atoms with Crippen LogP contribution >= 0.6 is 0 Å². The molecular weight excluding hydrogens is 257 g/mol. The Hall–Kier alpha value is -2.69. The quantitative estimate of drug-likeness (QED) is 0.733. The van der Waals surface area contributed by atoms with Gasteiger partial charge in [-0.2, -0.15) is 0 Å². The van der Waals surface area contributed by atoms with Crippen LogP contribution in [0.1, 0.15) is 0 Å². The number of halogens is 1. The fourth-order valence-electron chi connectivity index (χ4n) is 1.99. The van der Waals surface area contributed by atoms with Crippen molar-refractivity contribution in [3.63, 3.8) is 0 Å². The highest BCUT2D eigenvalue weighted by atomic mass is 19.1. The van der Waals surface area contributed by atoms with Crippen LogP contribution in [0, 0.1) is 5.82 Å². The number of hydrogen-bond donors (Lipinski definition) is 0. The van der Waals surface area contributed by atoms with Crippen molar-refractivity contribution in [3.8, 4) is 23.0 Å². The molecular formula is C15H12FN3O. The molecule has 0 aliphatic heterocycles. The predicted molar refractivity (Wildman–Crippen MR) is 73.3 cm³/mol. The third-order valence-corrected chi connectivity index (χ3v) is 2.93. The van der Waals surface area contributed by atoms with Gasteiger partial charge in [-0.1, -0.05) is 12.1 Å². The van der Waals surface area contributed by atoms with E-state index in [0.717, 1.165) is 5.69 Å². The number of methoxy groups -OCH3 is 1. The molecule has 3 rings (SSSR count). The highest BCUT2D eigenvalue weighted by Gasteiger charge is 2.08. The van der Waals surface area contributed by atoms with Crippen LogP contribution in [0.5, 0.6) is 5.88 Å². The molecule has 0 aliphatic carbocycles. The van der Waals surface area contributed by atoms with E-state index in [9.17, 15) is 4.39 Å². The Bertz CT molecular complexity index is 722. The number of hydrogen-bond acceptors (Lipinski definition) is 3. The fourth-order valence-corrected chi connectivity index (χ4v) is 1.99. The first-order valence-electron chi connectivity index (χ1n) is 6.07. The maximum atomic E-state index is 13.3. The molecule has 100 valence electrons. The lowest BCUT2D eigenvalue weighted by atomic mass is 10.2. The minimum Gasteiger partial charge on any atom is -0.481 e. The number of benzene rings is 1. The number of nitrogens with zero attached hydrogens (tertiary/aromatic N) is 3. The summed E-state index contributed by atoms with van der Waals surface area (Å²) in [6.45, 7) is 0. The molecule has 0 saturated carbocycles. The van der Waals surface area contributed by atoms with Crippen molar-refractivity contribution < 1.29 is 9.13 Å². The number of imidazole rings is 1. The molecule has 0 saturated heterocycles. The zero-order chi connectivity index (χ0) is 13.9. The Balaban J connectivity index is 2.05. The van der Waals surface area contributed by atoms with Gasteiger partial charge >= 0.3 is 0 Å². The molecule has 0 bridgehead atoms. The van der Waals surface area contributed by atoms with Crippen LogP contribution < -0.4 is 4.74 Å². The van der Waals surface area contributed by atoms with Crippen LogP contribution in [0.2, 0.25) is 0 Å². The second-order valence-electron chi connectivity index (χ2n) is 4.19. The maximum Gasteiger partial charge on any atom is 0.213 e. The molecule has 2 heterocycles. The van der Waals surface area contributed by atoms with Gasteiger partial charge in [-0.3, -0.25) is 4.57 Å². The van der Waals surface area contributed by atoms with Crippen molar-refractivity contribution in [2.45, 2.75) is 0 Å². The summed E-state index contributed by atoms with van der Waals surface area (Å²) in [4.78, 5) is 8.44. The third-order valence-electron chi connectivity index (χ3n) is 2.93. The molecule has 0 spiro atoms. The van der Waals surface area contributed by atoms with Crippen molar-refractivity contribution in [1.82, 2.24) is 14.5 Å². The summed E-state index contributed by atoms with van der Waals surface area (Å²) in [7, 11) is 1.57.